The van der Waals surface area contributed by atoms with Crippen LogP contribution in [0.15, 0.2) is 0 Å². The van der Waals surface area contributed by atoms with E-state index in [0.717, 1.165) is 18.6 Å². The van der Waals surface area contributed by atoms with Crippen molar-refractivity contribution in [3.63, 3.8) is 0 Å². The minimum absolute atomic E-state index is 0. The van der Waals surface area contributed by atoms with E-state index in [1.54, 1.807) is 11.8 Å². The van der Waals surface area contributed by atoms with Crippen molar-refractivity contribution >= 4 is 17.5 Å². The summed E-state index contributed by atoms with van der Waals surface area (Å²) in [5, 5.41) is 18.5. The summed E-state index contributed by atoms with van der Waals surface area (Å²) < 4.78 is 0. The fraction of sp³-hybridized carbons (Fsp3) is 0.909. The molecule has 3 unspecified atom stereocenters. The van der Waals surface area contributed by atoms with Crippen LogP contribution in [0.2, 0.25) is 0 Å². The molecule has 0 amide bonds. The van der Waals surface area contributed by atoms with Crippen LogP contribution in [0.1, 0.15) is 26.2 Å². The quantitative estimate of drug-likeness (QED) is 0.625. The molecule has 0 aromatic heterocycles. The number of aliphatic hydroxyl groups is 2. The van der Waals surface area contributed by atoms with Gasteiger partial charge >= 0.3 is 0 Å². The summed E-state index contributed by atoms with van der Waals surface area (Å²) in [7, 11) is 0. The number of thioether (sulfide) groups is 1. The number of hydrogen-bond donors (Lipinski definition) is 2. The van der Waals surface area contributed by atoms with Gasteiger partial charge in [0, 0.05) is 74.5 Å². The van der Waals surface area contributed by atoms with Gasteiger partial charge in [0.05, 0.1) is 6.10 Å². The number of carbonyl (C=O) groups is 1. The van der Waals surface area contributed by atoms with Crippen molar-refractivity contribution in [2.24, 2.45) is 11.8 Å². The molecule has 5 heteroatoms. The topological polar surface area (TPSA) is 57.5 Å². The third-order valence-electron chi connectivity index (χ3n) is 3.06. The molecule has 91 valence electrons. The molecule has 3 nitrogen and oxygen atoms in total. The standard InChI is InChI=1S/C11H20O3S.Ac/c1-2-9(13)6-15-7-10-8(5-12)3-4-11(10)14;/h8-10,12-13H,2-7H2,1H3;. The molecule has 0 bridgehead atoms. The maximum Gasteiger partial charge on any atom is 0.137 e. The van der Waals surface area contributed by atoms with Crippen molar-refractivity contribution in [2.75, 3.05) is 18.1 Å². The molecule has 1 saturated carbocycles. The van der Waals surface area contributed by atoms with Gasteiger partial charge in [0.1, 0.15) is 5.78 Å². The van der Waals surface area contributed by atoms with Crippen LogP contribution in [0.25, 0.3) is 0 Å². The second-order valence-electron chi connectivity index (χ2n) is 4.15. The van der Waals surface area contributed by atoms with Crippen molar-refractivity contribution in [2.45, 2.75) is 32.3 Å². The molecular weight excluding hydrogens is 439 g/mol. The summed E-state index contributed by atoms with van der Waals surface area (Å²) in [5.74, 6) is 1.90. The van der Waals surface area contributed by atoms with Crippen LogP contribution in [-0.4, -0.2) is 40.2 Å². The van der Waals surface area contributed by atoms with Gasteiger partial charge in [-0.3, -0.25) is 4.79 Å². The van der Waals surface area contributed by atoms with Crippen LogP contribution < -0.4 is 0 Å². The number of ketones is 1. The van der Waals surface area contributed by atoms with Crippen LogP contribution in [0.3, 0.4) is 0 Å². The van der Waals surface area contributed by atoms with E-state index in [0.29, 0.717) is 12.2 Å². The van der Waals surface area contributed by atoms with Gasteiger partial charge in [0.2, 0.25) is 0 Å². The minimum atomic E-state index is -0.265. The molecule has 1 fully saturated rings. The Hall–Kier alpha value is 1.38. The number of hydrogen-bond acceptors (Lipinski definition) is 4. The first kappa shape index (κ1) is 17.4. The second-order valence-corrected chi connectivity index (χ2v) is 5.23. The Bertz CT molecular complexity index is 213. The van der Waals surface area contributed by atoms with Crippen molar-refractivity contribution in [1.82, 2.24) is 0 Å². The molecule has 1 rings (SSSR count). The molecule has 0 aliphatic heterocycles. The van der Waals surface area contributed by atoms with Crippen LogP contribution in [0, 0.1) is 55.9 Å². The molecular formula is C11H20AcO3S. The summed E-state index contributed by atoms with van der Waals surface area (Å²) in [6.45, 7) is 2.07. The molecule has 0 saturated heterocycles. The van der Waals surface area contributed by atoms with E-state index in [1.165, 1.54) is 0 Å². The average Bonchev–Trinajstić information content (AvgIpc) is 2.60. The van der Waals surface area contributed by atoms with E-state index in [-0.39, 0.29) is 74.4 Å². The van der Waals surface area contributed by atoms with Crippen LogP contribution in [0.5, 0.6) is 0 Å². The second kappa shape index (κ2) is 9.33. The predicted octanol–water partition coefficient (Wildman–Crippen LogP) is 1.08. The molecule has 1 aliphatic rings. The number of Topliss-reactive ketones (excluding diaryl/α,β-unsaturated/α-hetero) is 1. The molecule has 3 atom stereocenters. The summed E-state index contributed by atoms with van der Waals surface area (Å²) in [4.78, 5) is 11.5. The molecule has 0 aromatic rings. The summed E-state index contributed by atoms with van der Waals surface area (Å²) in [6.07, 6.45) is 1.94. The first-order chi connectivity index (χ1) is 7.19. The van der Waals surface area contributed by atoms with E-state index in [9.17, 15) is 9.90 Å². The van der Waals surface area contributed by atoms with Gasteiger partial charge in [-0.05, 0) is 18.8 Å². The van der Waals surface area contributed by atoms with E-state index >= 15 is 0 Å². The maximum atomic E-state index is 11.5. The third-order valence-corrected chi connectivity index (χ3v) is 4.27. The smallest absolute Gasteiger partial charge is 0.137 e. The van der Waals surface area contributed by atoms with Crippen LogP contribution >= 0.6 is 11.8 Å². The van der Waals surface area contributed by atoms with Crippen LogP contribution in [-0.2, 0) is 4.79 Å². The average molecular weight is 459 g/mol. The fourth-order valence-electron chi connectivity index (χ4n) is 1.87. The zero-order valence-corrected chi connectivity index (χ0v) is 15.3. The van der Waals surface area contributed by atoms with E-state index in [1.807, 2.05) is 6.92 Å². The summed E-state index contributed by atoms with van der Waals surface area (Å²) in [5.41, 5.74) is 0. The minimum Gasteiger partial charge on any atom is -0.396 e. The Balaban J connectivity index is 0.00000225. The van der Waals surface area contributed by atoms with Gasteiger partial charge in [0.25, 0.3) is 0 Å². The molecule has 2 N–H and O–H groups in total. The van der Waals surface area contributed by atoms with Crippen molar-refractivity contribution < 1.29 is 59.1 Å². The Kier molecular flexibility index (Phi) is 10.1. The number of aliphatic hydroxyl groups excluding tert-OH is 2. The van der Waals surface area contributed by atoms with Crippen molar-refractivity contribution in [3.8, 4) is 0 Å². The molecule has 16 heavy (non-hydrogen) atoms. The van der Waals surface area contributed by atoms with Gasteiger partial charge in [0.15, 0.2) is 0 Å². The monoisotopic (exact) mass is 459 g/mol. The van der Waals surface area contributed by atoms with Crippen molar-refractivity contribution in [1.29, 1.82) is 0 Å². The molecule has 0 aromatic carbocycles. The normalized spacial score (nSPS) is 26.6. The Labute approximate surface area is 137 Å². The van der Waals surface area contributed by atoms with Gasteiger partial charge in [-0.1, -0.05) is 6.92 Å². The largest absolute Gasteiger partial charge is 0.396 e. The zero-order valence-electron chi connectivity index (χ0n) is 9.76. The Morgan fingerprint density at radius 3 is 2.81 bits per heavy atom. The molecule has 0 spiro atoms. The summed E-state index contributed by atoms with van der Waals surface area (Å²) in [6, 6.07) is 0. The number of rotatable bonds is 6. The van der Waals surface area contributed by atoms with Gasteiger partial charge in [-0.25, -0.2) is 0 Å². The summed E-state index contributed by atoms with van der Waals surface area (Å²) >= 11 is 1.62. The van der Waals surface area contributed by atoms with Crippen molar-refractivity contribution in [3.05, 3.63) is 0 Å². The first-order valence-corrected chi connectivity index (χ1v) is 6.73. The molecule has 1 aliphatic carbocycles. The van der Waals surface area contributed by atoms with Gasteiger partial charge in [-0.2, -0.15) is 11.8 Å². The van der Waals surface area contributed by atoms with E-state index < -0.39 is 0 Å². The maximum absolute atomic E-state index is 11.5. The number of carbonyl (C=O) groups excluding carboxylic acids is 1. The third kappa shape index (κ3) is 5.35. The Morgan fingerprint density at radius 1 is 1.56 bits per heavy atom. The van der Waals surface area contributed by atoms with Gasteiger partial charge in [-0.15, -0.1) is 0 Å². The first-order valence-electron chi connectivity index (χ1n) is 5.58. The molecule has 1 radical (unpaired) electrons. The van der Waals surface area contributed by atoms with Crippen LogP contribution in [0.4, 0.5) is 0 Å². The Morgan fingerprint density at radius 2 is 2.25 bits per heavy atom. The predicted molar refractivity (Wildman–Crippen MR) is 61.9 cm³/mol. The van der Waals surface area contributed by atoms with Gasteiger partial charge < -0.3 is 10.2 Å². The molecule has 0 heterocycles. The van der Waals surface area contributed by atoms with E-state index in [2.05, 4.69) is 0 Å². The zero-order chi connectivity index (χ0) is 11.3. The SMILES string of the molecule is CCC(O)CSCC1C(=O)CCC1CO.[Ac]. The fourth-order valence-corrected chi connectivity index (χ4v) is 3.23. The van der Waals surface area contributed by atoms with E-state index in [4.69, 9.17) is 5.11 Å².